The summed E-state index contributed by atoms with van der Waals surface area (Å²) in [7, 11) is -0.802. The first kappa shape index (κ1) is 42.2. The van der Waals surface area contributed by atoms with E-state index in [4.69, 9.17) is 21.1 Å². The Bertz CT molecular complexity index is 2620. The molecule has 4 heterocycles. The number of piperazine rings is 1. The third-order valence-electron chi connectivity index (χ3n) is 11.8. The number of nitrogens with zero attached hydrogens (tertiary/aromatic N) is 5. The smallest absolute Gasteiger partial charge is 0.277 e. The summed E-state index contributed by atoms with van der Waals surface area (Å²) >= 11 is 6.24. The van der Waals surface area contributed by atoms with E-state index < -0.39 is 25.7 Å². The van der Waals surface area contributed by atoms with E-state index in [1.165, 1.54) is 29.0 Å². The zero-order valence-electron chi connectivity index (χ0n) is 34.7. The summed E-state index contributed by atoms with van der Waals surface area (Å²) in [5, 5.41) is 13.7. The Morgan fingerprint density at radius 2 is 1.85 bits per heavy atom. The quantitative estimate of drug-likeness (QED) is 0.0925. The maximum Gasteiger partial charge on any atom is 0.277 e. The summed E-state index contributed by atoms with van der Waals surface area (Å²) in [6.07, 6.45) is 6.83. The van der Waals surface area contributed by atoms with Crippen molar-refractivity contribution in [2.45, 2.75) is 44.4 Å². The van der Waals surface area contributed by atoms with Gasteiger partial charge in [0.2, 0.25) is 0 Å². The maximum atomic E-state index is 14.0. The van der Waals surface area contributed by atoms with Crippen molar-refractivity contribution in [3.8, 4) is 17.2 Å². The number of halogens is 1. The molecule has 0 radical (unpaired) electrons. The van der Waals surface area contributed by atoms with Crippen LogP contribution in [0.25, 0.3) is 16.6 Å². The molecule has 3 aromatic carbocycles. The Kier molecular flexibility index (Phi) is 11.8. The fourth-order valence-corrected chi connectivity index (χ4v) is 9.79. The lowest BCUT2D eigenvalue weighted by atomic mass is 9.72. The lowest BCUT2D eigenvalue weighted by Crippen LogP contribution is -2.47. The Balaban J connectivity index is 1.03. The lowest BCUT2D eigenvalue weighted by Gasteiger charge is -2.39. The fraction of sp³-hybridized carbons (Fsp3) is 0.378. The molecule has 0 bridgehead atoms. The van der Waals surface area contributed by atoms with Gasteiger partial charge in [0.1, 0.15) is 22.9 Å². The third-order valence-corrected chi connectivity index (χ3v) is 13.4. The Morgan fingerprint density at radius 1 is 1.08 bits per heavy atom. The van der Waals surface area contributed by atoms with Crippen LogP contribution in [-0.2, 0) is 16.4 Å². The molecular formula is C45H50ClN7O7S. The Morgan fingerprint density at radius 3 is 2.59 bits per heavy atom. The minimum Gasteiger partial charge on any atom is -0.493 e. The molecule has 0 saturated carbocycles. The van der Waals surface area contributed by atoms with Crippen LogP contribution in [-0.4, -0.2) is 99.0 Å². The monoisotopic (exact) mass is 867 g/mol. The average Bonchev–Trinajstić information content (AvgIpc) is 3.69. The first-order valence-corrected chi connectivity index (χ1v) is 22.3. The second-order valence-electron chi connectivity index (χ2n) is 17.3. The summed E-state index contributed by atoms with van der Waals surface area (Å²) in [4.78, 5) is 39.3. The first-order valence-electron chi connectivity index (χ1n) is 20.5. The molecule has 1 saturated heterocycles. The number of hydrogen-bond donors (Lipinski definition) is 2. The van der Waals surface area contributed by atoms with Crippen LogP contribution in [0.15, 0.2) is 89.6 Å². The SMILES string of the molecule is CN(C)C[C@H]1COc2cc(S(=O)(=O)NC(=O)c3ccc(N4CCN(CC5=C(c6ccc(Cl)cc6)CC(C)(C)CC5)CC4)cc3Oc3cnc4[nH]ccc4c3)cc([N+](=O)[O-])c2C1. The van der Waals surface area contributed by atoms with Crippen molar-refractivity contribution < 1.29 is 27.6 Å². The van der Waals surface area contributed by atoms with Gasteiger partial charge in [0, 0.05) is 85.7 Å². The largest absolute Gasteiger partial charge is 0.493 e. The van der Waals surface area contributed by atoms with E-state index in [-0.39, 0.29) is 40.7 Å². The van der Waals surface area contributed by atoms with Crippen LogP contribution < -0.4 is 19.1 Å². The van der Waals surface area contributed by atoms with Gasteiger partial charge in [-0.1, -0.05) is 43.2 Å². The van der Waals surface area contributed by atoms with Crippen LogP contribution in [0.3, 0.4) is 0 Å². The molecule has 14 nitrogen and oxygen atoms in total. The summed E-state index contributed by atoms with van der Waals surface area (Å²) in [6, 6.07) is 19.1. The molecule has 1 amide bonds. The molecule has 1 atom stereocenters. The average molecular weight is 868 g/mol. The highest BCUT2D eigenvalue weighted by molar-refractivity contribution is 7.90. The number of nitrogens with one attached hydrogen (secondary N) is 2. The molecule has 2 aromatic heterocycles. The second kappa shape index (κ2) is 17.1. The minimum absolute atomic E-state index is 0.0113. The normalized spacial score (nSPS) is 18.2. The summed E-state index contributed by atoms with van der Waals surface area (Å²) in [5.41, 5.74) is 5.70. The number of sulfonamides is 1. The van der Waals surface area contributed by atoms with Gasteiger partial charge in [-0.15, -0.1) is 0 Å². The van der Waals surface area contributed by atoms with E-state index in [2.05, 4.69) is 50.5 Å². The number of nitro groups is 1. The molecule has 3 aliphatic rings. The van der Waals surface area contributed by atoms with Crippen molar-refractivity contribution in [1.29, 1.82) is 0 Å². The van der Waals surface area contributed by atoms with Gasteiger partial charge in [0.05, 0.1) is 33.7 Å². The zero-order valence-corrected chi connectivity index (χ0v) is 36.3. The van der Waals surface area contributed by atoms with Gasteiger partial charge in [-0.05, 0) is 92.7 Å². The zero-order chi connectivity index (χ0) is 43.1. The number of amides is 1. The number of carbonyl (C=O) groups is 1. The number of aromatic nitrogens is 2. The van der Waals surface area contributed by atoms with Crippen LogP contribution in [0.1, 0.15) is 54.6 Å². The molecule has 0 spiro atoms. The van der Waals surface area contributed by atoms with E-state index in [1.807, 2.05) is 37.2 Å². The van der Waals surface area contributed by atoms with Gasteiger partial charge in [-0.3, -0.25) is 19.8 Å². The number of carbonyl (C=O) groups excluding carboxylic acids is 1. The van der Waals surface area contributed by atoms with E-state index >= 15 is 0 Å². The first-order chi connectivity index (χ1) is 29.1. The van der Waals surface area contributed by atoms with E-state index in [9.17, 15) is 23.3 Å². The van der Waals surface area contributed by atoms with Crippen LogP contribution in [0, 0.1) is 21.4 Å². The number of ether oxygens (including phenoxy) is 2. The van der Waals surface area contributed by atoms with Gasteiger partial charge in [-0.25, -0.2) is 18.1 Å². The van der Waals surface area contributed by atoms with Crippen molar-refractivity contribution >= 4 is 55.5 Å². The number of H-pyrrole nitrogens is 1. The minimum atomic E-state index is -4.61. The number of rotatable bonds is 12. The predicted molar refractivity (Wildman–Crippen MR) is 236 cm³/mol. The Labute approximate surface area is 360 Å². The van der Waals surface area contributed by atoms with Crippen LogP contribution in [0.4, 0.5) is 11.4 Å². The van der Waals surface area contributed by atoms with E-state index in [0.29, 0.717) is 29.9 Å². The number of benzene rings is 3. The predicted octanol–water partition coefficient (Wildman–Crippen LogP) is 7.93. The van der Waals surface area contributed by atoms with Crippen LogP contribution >= 0.6 is 11.6 Å². The number of nitro benzene ring substituents is 1. The molecule has 320 valence electrons. The number of fused-ring (bicyclic) bond motifs is 2. The number of hydrogen-bond acceptors (Lipinski definition) is 11. The standard InChI is InChI=1S/C45H50ClN7O7S/c1-45(2)13-11-32(39(24-45)30-5-7-33(46)8-6-30)27-51-15-17-52(18-16-51)34-9-10-37(42(21-34)60-35-20-31-12-14-47-43(31)48-25-35)44(54)49-61(57,58)36-22-40(53(55)56)38-19-29(26-50(3)4)28-59-41(38)23-36/h5-10,12,14,20-23,25,29H,11,13,15-19,24,26-28H2,1-4H3,(H,47,48)(H,49,54)/t29-/m0/s1. The van der Waals surface area contributed by atoms with Crippen LogP contribution in [0.5, 0.6) is 17.2 Å². The van der Waals surface area contributed by atoms with Crippen molar-refractivity contribution in [3.05, 3.63) is 117 Å². The van der Waals surface area contributed by atoms with Gasteiger partial charge < -0.3 is 24.3 Å². The maximum absolute atomic E-state index is 14.0. The Hall–Kier alpha value is -5.48. The van der Waals surface area contributed by atoms with Crippen molar-refractivity contribution in [2.75, 3.05) is 64.9 Å². The molecular weight excluding hydrogens is 818 g/mol. The molecule has 1 aliphatic carbocycles. The van der Waals surface area contributed by atoms with Crippen LogP contribution in [0.2, 0.25) is 5.02 Å². The van der Waals surface area contributed by atoms with Gasteiger partial charge in [0.15, 0.2) is 0 Å². The van der Waals surface area contributed by atoms with E-state index in [1.54, 1.807) is 30.5 Å². The summed E-state index contributed by atoms with van der Waals surface area (Å²) < 4.78 is 41.9. The number of anilines is 1. The van der Waals surface area contributed by atoms with E-state index in [0.717, 1.165) is 74.1 Å². The summed E-state index contributed by atoms with van der Waals surface area (Å²) in [6.45, 7) is 9.54. The van der Waals surface area contributed by atoms with Crippen molar-refractivity contribution in [2.24, 2.45) is 11.3 Å². The number of aromatic amines is 1. The van der Waals surface area contributed by atoms with Gasteiger partial charge in [0.25, 0.3) is 21.6 Å². The van der Waals surface area contributed by atoms with Crippen molar-refractivity contribution in [3.63, 3.8) is 0 Å². The molecule has 16 heteroatoms. The molecule has 2 N–H and O–H groups in total. The molecule has 0 unspecified atom stereocenters. The van der Waals surface area contributed by atoms with Gasteiger partial charge >= 0.3 is 0 Å². The highest BCUT2D eigenvalue weighted by Gasteiger charge is 2.33. The molecule has 1 fully saturated rings. The molecule has 5 aromatic rings. The highest BCUT2D eigenvalue weighted by atomic mass is 35.5. The third kappa shape index (κ3) is 9.55. The second-order valence-corrected chi connectivity index (χ2v) is 19.4. The fourth-order valence-electron chi connectivity index (χ4n) is 8.66. The topological polar surface area (TPSA) is 163 Å². The lowest BCUT2D eigenvalue weighted by molar-refractivity contribution is -0.386. The summed E-state index contributed by atoms with van der Waals surface area (Å²) in [5.74, 6) is -0.391. The number of allylic oxidation sites excluding steroid dienone is 1. The van der Waals surface area contributed by atoms with Crippen molar-refractivity contribution in [1.82, 2.24) is 24.5 Å². The molecule has 2 aliphatic heterocycles. The molecule has 8 rings (SSSR count). The molecule has 61 heavy (non-hydrogen) atoms. The number of pyridine rings is 1. The highest BCUT2D eigenvalue weighted by Crippen LogP contribution is 2.44. The van der Waals surface area contributed by atoms with Gasteiger partial charge in [-0.2, -0.15) is 0 Å².